The van der Waals surface area contributed by atoms with Crippen molar-refractivity contribution >= 4 is 0 Å². The second-order valence-corrected chi connectivity index (χ2v) is 6.71. The number of halogens is 5. The molecule has 0 aliphatic rings. The van der Waals surface area contributed by atoms with Crippen LogP contribution in [0.2, 0.25) is 0 Å². The summed E-state index contributed by atoms with van der Waals surface area (Å²) in [7, 11) is 0. The van der Waals surface area contributed by atoms with Crippen molar-refractivity contribution in [2.75, 3.05) is 0 Å². The monoisotopic (exact) mass is 418 g/mol. The summed E-state index contributed by atoms with van der Waals surface area (Å²) in [5.74, 6) is -7.09. The highest BCUT2D eigenvalue weighted by Gasteiger charge is 2.17. The molecular weight excluding hydrogens is 399 g/mol. The van der Waals surface area contributed by atoms with Crippen LogP contribution in [0.4, 0.5) is 22.0 Å². The van der Waals surface area contributed by atoms with Gasteiger partial charge in [-0.25, -0.2) is 17.6 Å². The highest BCUT2D eigenvalue weighted by Crippen LogP contribution is 2.30. The zero-order valence-corrected chi connectivity index (χ0v) is 16.2. The molecule has 1 nitrogen and oxygen atoms in total. The van der Waals surface area contributed by atoms with Crippen molar-refractivity contribution in [1.29, 1.82) is 0 Å². The standard InChI is InChI=1S/C24H19F5O/c1-2-3-4-5-15-6-8-17(9-7-15)18-10-11-21(24(29)22(18)27)30-14-16-12-19(25)23(28)20(26)13-16/h2-3,6-13H,4-5,14H2,1H3/b3-2+. The van der Waals surface area contributed by atoms with Gasteiger partial charge in [-0.2, -0.15) is 4.39 Å². The van der Waals surface area contributed by atoms with Crippen LogP contribution < -0.4 is 4.74 Å². The Bertz CT molecular complexity index is 1030. The first-order valence-corrected chi connectivity index (χ1v) is 9.35. The highest BCUT2D eigenvalue weighted by atomic mass is 19.2. The van der Waals surface area contributed by atoms with Gasteiger partial charge in [0.1, 0.15) is 6.61 Å². The van der Waals surface area contributed by atoms with E-state index in [-0.39, 0.29) is 11.1 Å². The Labute approximate surface area is 171 Å². The van der Waals surface area contributed by atoms with Crippen molar-refractivity contribution in [3.63, 3.8) is 0 Å². The summed E-state index contributed by atoms with van der Waals surface area (Å²) in [6, 6.07) is 11.2. The first-order valence-electron chi connectivity index (χ1n) is 9.35. The normalized spacial score (nSPS) is 11.3. The summed E-state index contributed by atoms with van der Waals surface area (Å²) < 4.78 is 73.7. The predicted octanol–water partition coefficient (Wildman–Crippen LogP) is 7.14. The van der Waals surface area contributed by atoms with Crippen molar-refractivity contribution in [1.82, 2.24) is 0 Å². The lowest BCUT2D eigenvalue weighted by atomic mass is 10.0. The molecule has 0 aromatic heterocycles. The third kappa shape index (κ3) is 4.87. The molecule has 0 spiro atoms. The number of allylic oxidation sites excluding steroid dienone is 2. The van der Waals surface area contributed by atoms with Crippen molar-refractivity contribution in [2.45, 2.75) is 26.4 Å². The molecule has 0 bridgehead atoms. The van der Waals surface area contributed by atoms with Crippen LogP contribution in [-0.2, 0) is 13.0 Å². The second-order valence-electron chi connectivity index (χ2n) is 6.71. The molecule has 3 aromatic rings. The van der Waals surface area contributed by atoms with E-state index in [0.29, 0.717) is 5.56 Å². The summed E-state index contributed by atoms with van der Waals surface area (Å²) in [6.45, 7) is 1.49. The van der Waals surface area contributed by atoms with Gasteiger partial charge >= 0.3 is 0 Å². The lowest BCUT2D eigenvalue weighted by molar-refractivity contribution is 0.283. The van der Waals surface area contributed by atoms with Crippen molar-refractivity contribution in [2.24, 2.45) is 0 Å². The summed E-state index contributed by atoms with van der Waals surface area (Å²) in [6.07, 6.45) is 5.77. The van der Waals surface area contributed by atoms with Gasteiger partial charge in [0.25, 0.3) is 0 Å². The maximum absolute atomic E-state index is 14.6. The number of benzene rings is 3. The van der Waals surface area contributed by atoms with Crippen LogP contribution in [0.5, 0.6) is 5.75 Å². The van der Waals surface area contributed by atoms with Gasteiger partial charge in [0, 0.05) is 5.56 Å². The molecule has 0 amide bonds. The smallest absolute Gasteiger partial charge is 0.201 e. The Hall–Kier alpha value is -3.15. The summed E-state index contributed by atoms with van der Waals surface area (Å²) >= 11 is 0. The number of hydrogen-bond acceptors (Lipinski definition) is 1. The Morgan fingerprint density at radius 2 is 1.43 bits per heavy atom. The minimum absolute atomic E-state index is 0.0520. The first kappa shape index (κ1) is 21.6. The Balaban J connectivity index is 1.75. The molecule has 30 heavy (non-hydrogen) atoms. The van der Waals surface area contributed by atoms with E-state index in [4.69, 9.17) is 4.74 Å². The molecule has 6 heteroatoms. The topological polar surface area (TPSA) is 9.23 Å². The van der Waals surface area contributed by atoms with E-state index in [1.165, 1.54) is 12.1 Å². The number of aryl methyl sites for hydroxylation is 1. The van der Waals surface area contributed by atoms with Gasteiger partial charge in [0.15, 0.2) is 29.0 Å². The minimum Gasteiger partial charge on any atom is -0.486 e. The largest absolute Gasteiger partial charge is 0.486 e. The molecule has 3 aromatic carbocycles. The molecule has 0 N–H and O–H groups in total. The molecule has 0 aliphatic carbocycles. The average Bonchev–Trinajstić information content (AvgIpc) is 2.74. The SMILES string of the molecule is C/C=C/CCc1ccc(-c2ccc(OCc3cc(F)c(F)c(F)c3)c(F)c2F)cc1. The van der Waals surface area contributed by atoms with Gasteiger partial charge in [0.05, 0.1) is 0 Å². The molecule has 0 fully saturated rings. The fourth-order valence-corrected chi connectivity index (χ4v) is 2.99. The van der Waals surface area contributed by atoms with Gasteiger partial charge in [0.2, 0.25) is 5.82 Å². The molecule has 3 rings (SSSR count). The molecular formula is C24H19F5O. The first-order chi connectivity index (χ1) is 14.4. The fraction of sp³-hybridized carbons (Fsp3) is 0.167. The molecule has 0 atom stereocenters. The zero-order chi connectivity index (χ0) is 21.7. The van der Waals surface area contributed by atoms with E-state index in [0.717, 1.165) is 30.5 Å². The van der Waals surface area contributed by atoms with Crippen LogP contribution in [0.25, 0.3) is 11.1 Å². The summed E-state index contributed by atoms with van der Waals surface area (Å²) in [4.78, 5) is 0. The second kappa shape index (κ2) is 9.57. The van der Waals surface area contributed by atoms with Gasteiger partial charge in [-0.05, 0) is 60.7 Å². The fourth-order valence-electron chi connectivity index (χ4n) is 2.99. The van der Waals surface area contributed by atoms with Crippen LogP contribution in [0, 0.1) is 29.1 Å². The summed E-state index contributed by atoms with van der Waals surface area (Å²) in [5, 5.41) is 0. The third-order valence-electron chi connectivity index (χ3n) is 4.59. The minimum atomic E-state index is -1.60. The van der Waals surface area contributed by atoms with Crippen LogP contribution in [-0.4, -0.2) is 0 Å². The molecule has 156 valence electrons. The van der Waals surface area contributed by atoms with Crippen molar-refractivity contribution in [3.05, 3.63) is 101 Å². The maximum atomic E-state index is 14.6. The van der Waals surface area contributed by atoms with E-state index >= 15 is 0 Å². The number of hydrogen-bond donors (Lipinski definition) is 0. The molecule has 0 aliphatic heterocycles. The zero-order valence-electron chi connectivity index (χ0n) is 16.2. The number of rotatable bonds is 7. The Morgan fingerprint density at radius 3 is 2.07 bits per heavy atom. The molecule has 0 radical (unpaired) electrons. The Morgan fingerprint density at radius 1 is 0.767 bits per heavy atom. The van der Waals surface area contributed by atoms with Crippen LogP contribution in [0.3, 0.4) is 0 Å². The predicted molar refractivity (Wildman–Crippen MR) is 106 cm³/mol. The van der Waals surface area contributed by atoms with E-state index in [1.807, 2.05) is 25.1 Å². The molecule has 0 unspecified atom stereocenters. The van der Waals surface area contributed by atoms with Gasteiger partial charge < -0.3 is 4.74 Å². The molecule has 0 heterocycles. The lowest BCUT2D eigenvalue weighted by Gasteiger charge is -2.11. The number of ether oxygens (including phenoxy) is 1. The average molecular weight is 418 g/mol. The van der Waals surface area contributed by atoms with E-state index < -0.39 is 41.4 Å². The van der Waals surface area contributed by atoms with Gasteiger partial charge in [-0.15, -0.1) is 0 Å². The van der Waals surface area contributed by atoms with Gasteiger partial charge in [-0.3, -0.25) is 0 Å². The van der Waals surface area contributed by atoms with Crippen molar-refractivity contribution in [3.8, 4) is 16.9 Å². The molecule has 0 saturated heterocycles. The van der Waals surface area contributed by atoms with Crippen molar-refractivity contribution < 1.29 is 26.7 Å². The Kier molecular flexibility index (Phi) is 6.87. The van der Waals surface area contributed by atoms with E-state index in [2.05, 4.69) is 6.08 Å². The molecule has 0 saturated carbocycles. The van der Waals surface area contributed by atoms with E-state index in [9.17, 15) is 22.0 Å². The third-order valence-corrected chi connectivity index (χ3v) is 4.59. The highest BCUT2D eigenvalue weighted by molar-refractivity contribution is 5.65. The quantitative estimate of drug-likeness (QED) is 0.225. The maximum Gasteiger partial charge on any atom is 0.201 e. The van der Waals surface area contributed by atoms with Gasteiger partial charge in [-0.1, -0.05) is 36.4 Å². The lowest BCUT2D eigenvalue weighted by Crippen LogP contribution is -2.02. The van der Waals surface area contributed by atoms with Crippen LogP contribution >= 0.6 is 0 Å². The summed E-state index contributed by atoms with van der Waals surface area (Å²) in [5.41, 5.74) is 1.61. The van der Waals surface area contributed by atoms with Crippen LogP contribution in [0.15, 0.2) is 60.7 Å². The van der Waals surface area contributed by atoms with Crippen LogP contribution in [0.1, 0.15) is 24.5 Å². The van der Waals surface area contributed by atoms with E-state index in [1.54, 1.807) is 12.1 Å².